The van der Waals surface area contributed by atoms with Gasteiger partial charge in [-0.25, -0.2) is 4.79 Å². The van der Waals surface area contributed by atoms with Crippen molar-refractivity contribution < 1.29 is 19.2 Å². The van der Waals surface area contributed by atoms with Crippen molar-refractivity contribution in [1.82, 2.24) is 25.1 Å². The molecule has 0 saturated carbocycles. The Morgan fingerprint density at radius 2 is 1.50 bits per heavy atom. The van der Waals surface area contributed by atoms with Gasteiger partial charge in [0.1, 0.15) is 12.2 Å². The largest absolute Gasteiger partial charge is 0.333 e. The fourth-order valence-electron chi connectivity index (χ4n) is 7.06. The normalized spacial score (nSPS) is 17.2. The third kappa shape index (κ3) is 7.28. The SMILES string of the molecule is C=CCN(C(=O)NCc1ccccc1)N1CC(=O)N2[C@@H](Cc3ccc(NC(=O)c4ccccc4)cc3)C(=O)N(Cc3cccc4ccccc34)C[C@@H]21. The number of amides is 5. The molecule has 2 N–H and O–H groups in total. The van der Waals surface area contributed by atoms with Gasteiger partial charge < -0.3 is 20.4 Å². The summed E-state index contributed by atoms with van der Waals surface area (Å²) in [5.74, 6) is -0.614. The molecule has 0 bridgehead atoms. The lowest BCUT2D eigenvalue weighted by atomic mass is 9.98. The molecule has 0 unspecified atom stereocenters. The maximum Gasteiger partial charge on any atom is 0.332 e. The molecule has 5 amide bonds. The predicted octanol–water partition coefficient (Wildman–Crippen LogP) is 5.83. The molecule has 10 nitrogen and oxygen atoms in total. The minimum Gasteiger partial charge on any atom is -0.333 e. The van der Waals surface area contributed by atoms with Gasteiger partial charge in [0.15, 0.2) is 0 Å². The standard InChI is InChI=1S/C42H40N6O4/c1-2-24-46(42(52)43-26-31-12-5-3-6-13-31)47-29-39(49)48-37(25-30-20-22-35(23-21-30)44-40(50)33-15-7-4-8-16-33)41(51)45(28-38(47)48)27-34-18-11-17-32-14-9-10-19-36(32)34/h2-23,37-38H,1,24-29H2,(H,43,52)(H,44,50)/t37-,38+/m0/s1. The first-order valence-electron chi connectivity index (χ1n) is 17.4. The number of fused-ring (bicyclic) bond motifs is 2. The van der Waals surface area contributed by atoms with E-state index in [0.717, 1.165) is 27.5 Å². The van der Waals surface area contributed by atoms with Crippen LogP contribution in [0.15, 0.2) is 140 Å². The second-order valence-corrected chi connectivity index (χ2v) is 13.0. The van der Waals surface area contributed by atoms with E-state index in [0.29, 0.717) is 24.3 Å². The first-order valence-corrected chi connectivity index (χ1v) is 17.4. The molecule has 0 spiro atoms. The van der Waals surface area contributed by atoms with Crippen LogP contribution in [0.4, 0.5) is 10.5 Å². The zero-order chi connectivity index (χ0) is 36.0. The van der Waals surface area contributed by atoms with Crippen LogP contribution < -0.4 is 10.6 Å². The first kappa shape index (κ1) is 34.2. The van der Waals surface area contributed by atoms with Gasteiger partial charge in [-0.15, -0.1) is 6.58 Å². The molecule has 7 rings (SSSR count). The van der Waals surface area contributed by atoms with Crippen LogP contribution in [-0.2, 0) is 29.1 Å². The van der Waals surface area contributed by atoms with Crippen LogP contribution in [0, 0.1) is 0 Å². The number of rotatable bonds is 11. The molecular formula is C42H40N6O4. The predicted molar refractivity (Wildman–Crippen MR) is 201 cm³/mol. The fourth-order valence-corrected chi connectivity index (χ4v) is 7.06. The lowest BCUT2D eigenvalue weighted by molar-refractivity contribution is -0.157. The second kappa shape index (κ2) is 15.3. The number of anilines is 1. The van der Waals surface area contributed by atoms with E-state index in [2.05, 4.69) is 23.3 Å². The number of hydrogen-bond acceptors (Lipinski definition) is 5. The Labute approximate surface area is 302 Å². The minimum atomic E-state index is -0.811. The summed E-state index contributed by atoms with van der Waals surface area (Å²) in [4.78, 5) is 58.3. The molecular weight excluding hydrogens is 653 g/mol. The smallest absolute Gasteiger partial charge is 0.332 e. The van der Waals surface area contributed by atoms with E-state index >= 15 is 0 Å². The summed E-state index contributed by atoms with van der Waals surface area (Å²) in [7, 11) is 0. The van der Waals surface area contributed by atoms with Gasteiger partial charge in [0.2, 0.25) is 11.8 Å². The third-order valence-corrected chi connectivity index (χ3v) is 9.62. The van der Waals surface area contributed by atoms with Gasteiger partial charge in [0.25, 0.3) is 5.91 Å². The lowest BCUT2D eigenvalue weighted by Crippen LogP contribution is -2.66. The average molecular weight is 693 g/mol. The molecule has 2 heterocycles. The second-order valence-electron chi connectivity index (χ2n) is 13.0. The summed E-state index contributed by atoms with van der Waals surface area (Å²) >= 11 is 0. The van der Waals surface area contributed by atoms with E-state index < -0.39 is 12.2 Å². The van der Waals surface area contributed by atoms with Crippen molar-refractivity contribution in [3.05, 3.63) is 162 Å². The van der Waals surface area contributed by atoms with E-state index in [4.69, 9.17) is 0 Å². The molecule has 262 valence electrons. The molecule has 0 aliphatic carbocycles. The maximum absolute atomic E-state index is 14.5. The Bertz CT molecular complexity index is 2080. The summed E-state index contributed by atoms with van der Waals surface area (Å²) in [5, 5.41) is 11.3. The van der Waals surface area contributed by atoms with Crippen molar-refractivity contribution in [2.75, 3.05) is 25.0 Å². The molecule has 2 fully saturated rings. The number of carbonyl (C=O) groups excluding carboxylic acids is 4. The molecule has 2 aliphatic rings. The molecule has 10 heteroatoms. The van der Waals surface area contributed by atoms with Crippen molar-refractivity contribution >= 4 is 40.2 Å². The number of hydrazine groups is 1. The topological polar surface area (TPSA) is 105 Å². The summed E-state index contributed by atoms with van der Waals surface area (Å²) in [6, 6.07) is 38.9. The fraction of sp³-hybridized carbons (Fsp3) is 0.190. The van der Waals surface area contributed by atoms with E-state index in [9.17, 15) is 19.2 Å². The Hall–Kier alpha value is -6.26. The van der Waals surface area contributed by atoms with Crippen LogP contribution in [0.3, 0.4) is 0 Å². The van der Waals surface area contributed by atoms with E-state index in [1.165, 1.54) is 5.01 Å². The van der Waals surface area contributed by atoms with E-state index in [1.807, 2.05) is 102 Å². The van der Waals surface area contributed by atoms with Gasteiger partial charge in [-0.3, -0.25) is 19.4 Å². The molecule has 5 aromatic carbocycles. The highest BCUT2D eigenvalue weighted by Crippen LogP contribution is 2.31. The van der Waals surface area contributed by atoms with Gasteiger partial charge in [0, 0.05) is 30.8 Å². The maximum atomic E-state index is 14.5. The quantitative estimate of drug-likeness (QED) is 0.170. The van der Waals surface area contributed by atoms with Gasteiger partial charge in [-0.05, 0) is 51.7 Å². The van der Waals surface area contributed by atoms with Gasteiger partial charge >= 0.3 is 6.03 Å². The highest BCUT2D eigenvalue weighted by Gasteiger charge is 2.52. The Kier molecular flexibility index (Phi) is 10.1. The number of piperazine rings is 1. The Morgan fingerprint density at radius 3 is 2.25 bits per heavy atom. The number of nitrogens with zero attached hydrogens (tertiary/aromatic N) is 4. The van der Waals surface area contributed by atoms with Crippen LogP contribution in [-0.4, -0.2) is 75.4 Å². The molecule has 0 radical (unpaired) electrons. The van der Waals surface area contributed by atoms with E-state index in [-0.39, 0.29) is 49.8 Å². The number of nitrogens with one attached hydrogen (secondary N) is 2. The van der Waals surface area contributed by atoms with Crippen molar-refractivity contribution in [2.24, 2.45) is 0 Å². The Balaban J connectivity index is 1.16. The third-order valence-electron chi connectivity index (χ3n) is 9.62. The molecule has 5 aromatic rings. The molecule has 2 aliphatic heterocycles. The van der Waals surface area contributed by atoms with Crippen LogP contribution in [0.2, 0.25) is 0 Å². The highest BCUT2D eigenvalue weighted by atomic mass is 16.2. The first-order chi connectivity index (χ1) is 25.4. The number of urea groups is 1. The van der Waals surface area contributed by atoms with Gasteiger partial charge in [-0.1, -0.05) is 109 Å². The zero-order valence-electron chi connectivity index (χ0n) is 28.7. The van der Waals surface area contributed by atoms with Gasteiger partial charge in [0.05, 0.1) is 19.6 Å². The molecule has 52 heavy (non-hydrogen) atoms. The van der Waals surface area contributed by atoms with Crippen molar-refractivity contribution in [3.63, 3.8) is 0 Å². The summed E-state index contributed by atoms with van der Waals surface area (Å²) in [5.41, 5.74) is 3.94. The molecule has 2 atom stereocenters. The van der Waals surface area contributed by atoms with Gasteiger partial charge in [-0.2, -0.15) is 5.01 Å². The van der Waals surface area contributed by atoms with Crippen LogP contribution >= 0.6 is 0 Å². The van der Waals surface area contributed by atoms with Crippen molar-refractivity contribution in [3.8, 4) is 0 Å². The minimum absolute atomic E-state index is 0.0619. The Morgan fingerprint density at radius 1 is 0.808 bits per heavy atom. The van der Waals surface area contributed by atoms with Crippen LogP contribution in [0.1, 0.15) is 27.0 Å². The number of benzene rings is 5. The van der Waals surface area contributed by atoms with E-state index in [1.54, 1.807) is 40.3 Å². The summed E-state index contributed by atoms with van der Waals surface area (Å²) in [6.45, 7) is 4.88. The summed E-state index contributed by atoms with van der Waals surface area (Å²) in [6.07, 6.45) is 1.31. The highest BCUT2D eigenvalue weighted by molar-refractivity contribution is 6.04. The zero-order valence-corrected chi connectivity index (χ0v) is 28.7. The number of hydrogen-bond donors (Lipinski definition) is 2. The van der Waals surface area contributed by atoms with Crippen LogP contribution in [0.5, 0.6) is 0 Å². The van der Waals surface area contributed by atoms with Crippen molar-refractivity contribution in [2.45, 2.75) is 31.7 Å². The van der Waals surface area contributed by atoms with Crippen molar-refractivity contribution in [1.29, 1.82) is 0 Å². The lowest BCUT2D eigenvalue weighted by Gasteiger charge is -2.46. The summed E-state index contributed by atoms with van der Waals surface area (Å²) < 4.78 is 0. The average Bonchev–Trinajstić information content (AvgIpc) is 3.50. The number of carbonyl (C=O) groups is 4. The van der Waals surface area contributed by atoms with Crippen LogP contribution in [0.25, 0.3) is 10.8 Å². The molecule has 0 aromatic heterocycles. The molecule has 2 saturated heterocycles. The monoisotopic (exact) mass is 692 g/mol.